The van der Waals surface area contributed by atoms with Crippen LogP contribution in [-0.2, 0) is 0 Å². The van der Waals surface area contributed by atoms with Crippen LogP contribution in [0.1, 0.15) is 33.1 Å². The van der Waals surface area contributed by atoms with Crippen molar-refractivity contribution in [1.29, 1.82) is 0 Å². The minimum absolute atomic E-state index is 0.147. The SMILES string of the molecule is CCC(CC)CNC(=NC)NCCC(F)(F)F. The summed E-state index contributed by atoms with van der Waals surface area (Å²) in [5, 5.41) is 5.68. The maximum absolute atomic E-state index is 11.9. The molecule has 0 aromatic carbocycles. The molecular weight excluding hydrogens is 231 g/mol. The molecule has 17 heavy (non-hydrogen) atoms. The molecule has 0 aliphatic carbocycles. The third kappa shape index (κ3) is 8.83. The molecular formula is C11H22F3N3. The molecule has 0 aliphatic rings. The number of nitrogens with one attached hydrogen (secondary N) is 2. The lowest BCUT2D eigenvalue weighted by Gasteiger charge is -2.17. The van der Waals surface area contributed by atoms with E-state index in [1.165, 1.54) is 0 Å². The van der Waals surface area contributed by atoms with Gasteiger partial charge in [0.1, 0.15) is 0 Å². The van der Waals surface area contributed by atoms with Crippen LogP contribution in [0.5, 0.6) is 0 Å². The fourth-order valence-electron chi connectivity index (χ4n) is 1.36. The van der Waals surface area contributed by atoms with Crippen LogP contribution in [-0.4, -0.2) is 32.3 Å². The molecule has 0 radical (unpaired) electrons. The molecule has 0 fully saturated rings. The minimum atomic E-state index is -4.12. The zero-order valence-corrected chi connectivity index (χ0v) is 10.7. The van der Waals surface area contributed by atoms with Crippen LogP contribution in [0.2, 0.25) is 0 Å². The van der Waals surface area contributed by atoms with E-state index < -0.39 is 12.6 Å². The summed E-state index contributed by atoms with van der Waals surface area (Å²) in [5.74, 6) is 0.956. The molecule has 0 bridgehead atoms. The Hall–Kier alpha value is -0.940. The zero-order valence-electron chi connectivity index (χ0n) is 10.7. The normalized spacial score (nSPS) is 13.0. The van der Waals surface area contributed by atoms with E-state index in [1.54, 1.807) is 7.05 Å². The van der Waals surface area contributed by atoms with Crippen LogP contribution in [0.15, 0.2) is 4.99 Å². The summed E-state index contributed by atoms with van der Waals surface area (Å²) in [5.41, 5.74) is 0. The summed E-state index contributed by atoms with van der Waals surface area (Å²) in [6, 6.07) is 0. The van der Waals surface area contributed by atoms with Gasteiger partial charge in [-0.2, -0.15) is 13.2 Å². The number of hydrogen-bond donors (Lipinski definition) is 2. The van der Waals surface area contributed by atoms with Gasteiger partial charge in [0.15, 0.2) is 5.96 Å². The van der Waals surface area contributed by atoms with Gasteiger partial charge >= 0.3 is 6.18 Å². The van der Waals surface area contributed by atoms with Crippen LogP contribution < -0.4 is 10.6 Å². The van der Waals surface area contributed by atoms with Gasteiger partial charge in [-0.3, -0.25) is 4.99 Å². The first-order valence-electron chi connectivity index (χ1n) is 5.94. The Labute approximate surface area is 101 Å². The smallest absolute Gasteiger partial charge is 0.356 e. The molecule has 0 aliphatic heterocycles. The van der Waals surface area contributed by atoms with Crippen LogP contribution in [0.4, 0.5) is 13.2 Å². The molecule has 0 aromatic rings. The van der Waals surface area contributed by atoms with Gasteiger partial charge in [0.25, 0.3) is 0 Å². The summed E-state index contributed by atoms with van der Waals surface area (Å²) in [6.07, 6.45) is -2.88. The van der Waals surface area contributed by atoms with Crippen molar-refractivity contribution >= 4 is 5.96 Å². The molecule has 0 spiro atoms. The van der Waals surface area contributed by atoms with E-state index in [0.29, 0.717) is 11.9 Å². The standard InChI is InChI=1S/C11H22F3N3/c1-4-9(5-2)8-17-10(15-3)16-7-6-11(12,13)14/h9H,4-8H2,1-3H3,(H2,15,16,17). The summed E-state index contributed by atoms with van der Waals surface area (Å²) < 4.78 is 35.8. The van der Waals surface area contributed by atoms with Crippen molar-refractivity contribution in [2.24, 2.45) is 10.9 Å². The van der Waals surface area contributed by atoms with Crippen LogP contribution in [0.25, 0.3) is 0 Å². The van der Waals surface area contributed by atoms with E-state index in [9.17, 15) is 13.2 Å². The first-order chi connectivity index (χ1) is 7.92. The largest absolute Gasteiger partial charge is 0.390 e. The molecule has 0 unspecified atom stereocenters. The van der Waals surface area contributed by atoms with E-state index in [4.69, 9.17) is 0 Å². The number of hydrogen-bond acceptors (Lipinski definition) is 1. The fourth-order valence-corrected chi connectivity index (χ4v) is 1.36. The summed E-state index contributed by atoms with van der Waals surface area (Å²) in [7, 11) is 1.55. The maximum Gasteiger partial charge on any atom is 0.390 e. The number of aliphatic imine (C=N–C) groups is 1. The maximum atomic E-state index is 11.9. The highest BCUT2D eigenvalue weighted by atomic mass is 19.4. The second-order valence-electron chi connectivity index (χ2n) is 3.93. The summed E-state index contributed by atoms with van der Waals surface area (Å²) >= 11 is 0. The second-order valence-corrected chi connectivity index (χ2v) is 3.93. The predicted octanol–water partition coefficient (Wildman–Crippen LogP) is 2.54. The Kier molecular flexibility index (Phi) is 7.74. The highest BCUT2D eigenvalue weighted by Crippen LogP contribution is 2.18. The third-order valence-corrected chi connectivity index (χ3v) is 2.64. The Morgan fingerprint density at radius 3 is 2.18 bits per heavy atom. The van der Waals surface area contributed by atoms with E-state index in [2.05, 4.69) is 29.5 Å². The van der Waals surface area contributed by atoms with Crippen molar-refractivity contribution in [2.45, 2.75) is 39.3 Å². The number of halogens is 3. The molecule has 102 valence electrons. The molecule has 0 atom stereocenters. The Morgan fingerprint density at radius 2 is 1.76 bits per heavy atom. The van der Waals surface area contributed by atoms with Crippen LogP contribution in [0.3, 0.4) is 0 Å². The van der Waals surface area contributed by atoms with Crippen LogP contribution >= 0.6 is 0 Å². The highest BCUT2D eigenvalue weighted by Gasteiger charge is 2.26. The molecule has 0 amide bonds. The lowest BCUT2D eigenvalue weighted by atomic mass is 10.0. The van der Waals surface area contributed by atoms with Crippen molar-refractivity contribution in [3.63, 3.8) is 0 Å². The van der Waals surface area contributed by atoms with Crippen LogP contribution in [0, 0.1) is 5.92 Å². The Bertz CT molecular complexity index is 222. The second kappa shape index (κ2) is 8.20. The van der Waals surface area contributed by atoms with Gasteiger partial charge in [0.2, 0.25) is 0 Å². The number of rotatable bonds is 6. The van der Waals surface area contributed by atoms with Gasteiger partial charge in [-0.05, 0) is 5.92 Å². The van der Waals surface area contributed by atoms with Gasteiger partial charge < -0.3 is 10.6 Å². The van der Waals surface area contributed by atoms with Crippen molar-refractivity contribution in [1.82, 2.24) is 10.6 Å². The fraction of sp³-hybridized carbons (Fsp3) is 0.909. The van der Waals surface area contributed by atoms with Gasteiger partial charge in [0, 0.05) is 20.1 Å². The lowest BCUT2D eigenvalue weighted by molar-refractivity contribution is -0.132. The van der Waals surface area contributed by atoms with Gasteiger partial charge in [-0.15, -0.1) is 0 Å². The quantitative estimate of drug-likeness (QED) is 0.564. The van der Waals surface area contributed by atoms with Crippen molar-refractivity contribution in [2.75, 3.05) is 20.1 Å². The van der Waals surface area contributed by atoms with Gasteiger partial charge in [-0.1, -0.05) is 26.7 Å². The summed E-state index contributed by atoms with van der Waals surface area (Å²) in [4.78, 5) is 3.88. The third-order valence-electron chi connectivity index (χ3n) is 2.64. The van der Waals surface area contributed by atoms with Crippen molar-refractivity contribution in [3.05, 3.63) is 0 Å². The molecule has 6 heteroatoms. The molecule has 0 saturated carbocycles. The van der Waals surface area contributed by atoms with Crippen molar-refractivity contribution in [3.8, 4) is 0 Å². The molecule has 0 aromatic heterocycles. The van der Waals surface area contributed by atoms with Gasteiger partial charge in [0.05, 0.1) is 6.42 Å². The first kappa shape index (κ1) is 16.1. The monoisotopic (exact) mass is 253 g/mol. The van der Waals surface area contributed by atoms with E-state index in [-0.39, 0.29) is 6.54 Å². The highest BCUT2D eigenvalue weighted by molar-refractivity contribution is 5.79. The molecule has 0 rings (SSSR count). The predicted molar refractivity (Wildman–Crippen MR) is 64.1 cm³/mol. The topological polar surface area (TPSA) is 36.4 Å². The molecule has 3 nitrogen and oxygen atoms in total. The number of nitrogens with zero attached hydrogens (tertiary/aromatic N) is 1. The molecule has 0 heterocycles. The Balaban J connectivity index is 3.86. The molecule has 2 N–H and O–H groups in total. The minimum Gasteiger partial charge on any atom is -0.356 e. The van der Waals surface area contributed by atoms with E-state index in [0.717, 1.165) is 19.4 Å². The average Bonchev–Trinajstić information content (AvgIpc) is 2.26. The Morgan fingerprint density at radius 1 is 1.18 bits per heavy atom. The zero-order chi connectivity index (χ0) is 13.3. The number of guanidine groups is 1. The first-order valence-corrected chi connectivity index (χ1v) is 5.94. The van der Waals surface area contributed by atoms with Crippen molar-refractivity contribution < 1.29 is 13.2 Å². The molecule has 0 saturated heterocycles. The number of alkyl halides is 3. The lowest BCUT2D eigenvalue weighted by Crippen LogP contribution is -2.40. The summed E-state index contributed by atoms with van der Waals surface area (Å²) in [6.45, 7) is 4.77. The van der Waals surface area contributed by atoms with Gasteiger partial charge in [-0.25, -0.2) is 0 Å². The van der Waals surface area contributed by atoms with E-state index >= 15 is 0 Å². The van der Waals surface area contributed by atoms with E-state index in [1.807, 2.05) is 0 Å². The average molecular weight is 253 g/mol.